The van der Waals surface area contributed by atoms with Gasteiger partial charge in [-0.2, -0.15) is 0 Å². The van der Waals surface area contributed by atoms with Crippen LogP contribution in [0.15, 0.2) is 0 Å². The van der Waals surface area contributed by atoms with Crippen molar-refractivity contribution in [1.82, 2.24) is 0 Å². The van der Waals surface area contributed by atoms with Gasteiger partial charge in [0.25, 0.3) is 0 Å². The van der Waals surface area contributed by atoms with Crippen LogP contribution in [0.1, 0.15) is 39.5 Å². The van der Waals surface area contributed by atoms with Crippen LogP contribution in [0.3, 0.4) is 0 Å². The minimum atomic E-state index is -1.11. The van der Waals surface area contributed by atoms with E-state index >= 15 is 0 Å². The Morgan fingerprint density at radius 1 is 0.714 bits per heavy atom. The summed E-state index contributed by atoms with van der Waals surface area (Å²) in [5.41, 5.74) is -1.11. The van der Waals surface area contributed by atoms with Gasteiger partial charge in [-0.3, -0.25) is 9.59 Å². The van der Waals surface area contributed by atoms with Gasteiger partial charge in [0.2, 0.25) is 0 Å². The molecule has 0 aromatic rings. The van der Waals surface area contributed by atoms with E-state index in [0.717, 1.165) is 12.8 Å². The van der Waals surface area contributed by atoms with Crippen LogP contribution >= 0.6 is 0 Å². The molecule has 0 radical (unpaired) electrons. The number of hydrogen-bond donors (Lipinski definition) is 6. The summed E-state index contributed by atoms with van der Waals surface area (Å²) >= 11 is 0. The highest BCUT2D eigenvalue weighted by Crippen LogP contribution is 2.11. The maximum atomic E-state index is 9.60. The van der Waals surface area contributed by atoms with Gasteiger partial charge in [-0.05, 0) is 12.8 Å². The van der Waals surface area contributed by atoms with Crippen molar-refractivity contribution in [2.75, 3.05) is 26.4 Å². The Morgan fingerprint density at radius 2 is 0.952 bits per heavy atom. The molecule has 0 aliphatic heterocycles. The van der Waals surface area contributed by atoms with Crippen LogP contribution in [0.5, 0.6) is 0 Å². The second-order valence-corrected chi connectivity index (χ2v) is 4.42. The Kier molecular flexibility index (Phi) is 19.9. The smallest absolute Gasteiger partial charge is 0.303 e. The molecule has 0 aromatic carbocycles. The Morgan fingerprint density at radius 3 is 0.952 bits per heavy atom. The predicted molar refractivity (Wildman–Crippen MR) is 75.9 cm³/mol. The van der Waals surface area contributed by atoms with Crippen molar-refractivity contribution in [2.45, 2.75) is 39.5 Å². The zero-order chi connectivity index (χ0) is 17.3. The van der Waals surface area contributed by atoms with Gasteiger partial charge in [-0.15, -0.1) is 0 Å². The van der Waals surface area contributed by atoms with Crippen molar-refractivity contribution < 1.29 is 40.2 Å². The molecule has 0 bridgehead atoms. The average Bonchev–Trinajstić information content (AvgIpc) is 2.43. The number of aliphatic carboxylic acids is 2. The second kappa shape index (κ2) is 16.8. The van der Waals surface area contributed by atoms with Crippen molar-refractivity contribution >= 4 is 11.9 Å². The molecular weight excluding hydrogens is 284 g/mol. The molecule has 0 saturated carbocycles. The molecule has 0 aliphatic carbocycles. The number of hydrogen-bond acceptors (Lipinski definition) is 6. The third kappa shape index (κ3) is 18.8. The largest absolute Gasteiger partial charge is 0.481 e. The van der Waals surface area contributed by atoms with Crippen LogP contribution in [0, 0.1) is 5.41 Å². The summed E-state index contributed by atoms with van der Waals surface area (Å²) in [6.07, 6.45) is 2.05. The lowest BCUT2D eigenvalue weighted by Gasteiger charge is -2.23. The van der Waals surface area contributed by atoms with Gasteiger partial charge in [0.15, 0.2) is 0 Å². The van der Waals surface area contributed by atoms with Crippen LogP contribution in [0.25, 0.3) is 0 Å². The molecule has 8 nitrogen and oxygen atoms in total. The van der Waals surface area contributed by atoms with Crippen molar-refractivity contribution in [3.05, 3.63) is 0 Å². The van der Waals surface area contributed by atoms with E-state index in [1.165, 1.54) is 0 Å². The highest BCUT2D eigenvalue weighted by molar-refractivity contribution is 5.66. The topological polar surface area (TPSA) is 156 Å². The van der Waals surface area contributed by atoms with Crippen LogP contribution < -0.4 is 0 Å². The maximum absolute atomic E-state index is 9.60. The number of carbonyl (C=O) groups is 2. The molecule has 0 amide bonds. The van der Waals surface area contributed by atoms with Gasteiger partial charge in [-0.1, -0.05) is 13.8 Å². The molecule has 0 atom stereocenters. The third-order valence-corrected chi connectivity index (χ3v) is 2.27. The fourth-order valence-corrected chi connectivity index (χ4v) is 0.728. The number of carboxylic acid groups (broad SMARTS) is 2. The standard InChI is InChI=1S/C5H12O4.2C4H8O2/c6-1-5(2-7,3-8)4-9;2*1-2-3-4(5)6/h6-9H,1-4H2;2*2-3H2,1H3,(H,5,6). The zero-order valence-electron chi connectivity index (χ0n) is 12.7. The molecule has 0 heterocycles. The van der Waals surface area contributed by atoms with Gasteiger partial charge in [0.1, 0.15) is 0 Å². The molecule has 0 aromatic heterocycles. The molecule has 128 valence electrons. The van der Waals surface area contributed by atoms with Crippen molar-refractivity contribution in [1.29, 1.82) is 0 Å². The minimum Gasteiger partial charge on any atom is -0.481 e. The Hall–Kier alpha value is -1.22. The average molecular weight is 312 g/mol. The van der Waals surface area contributed by atoms with E-state index in [4.69, 9.17) is 30.6 Å². The fourth-order valence-electron chi connectivity index (χ4n) is 0.728. The van der Waals surface area contributed by atoms with Gasteiger partial charge < -0.3 is 30.6 Å². The lowest BCUT2D eigenvalue weighted by molar-refractivity contribution is -0.138. The van der Waals surface area contributed by atoms with E-state index in [-0.39, 0.29) is 0 Å². The summed E-state index contributed by atoms with van der Waals surface area (Å²) in [6, 6.07) is 0. The van der Waals surface area contributed by atoms with Gasteiger partial charge in [-0.25, -0.2) is 0 Å². The summed E-state index contributed by atoms with van der Waals surface area (Å²) in [5, 5.41) is 49.8. The number of rotatable bonds is 8. The van der Waals surface area contributed by atoms with E-state index in [1.807, 2.05) is 13.8 Å². The monoisotopic (exact) mass is 312 g/mol. The van der Waals surface area contributed by atoms with Crippen LogP contribution in [0.4, 0.5) is 0 Å². The molecule has 0 rings (SSSR count). The van der Waals surface area contributed by atoms with Gasteiger partial charge in [0, 0.05) is 12.8 Å². The second-order valence-electron chi connectivity index (χ2n) is 4.42. The lowest BCUT2D eigenvalue weighted by atomic mass is 9.93. The van der Waals surface area contributed by atoms with Gasteiger partial charge in [0.05, 0.1) is 31.8 Å². The van der Waals surface area contributed by atoms with Crippen molar-refractivity contribution in [2.24, 2.45) is 5.41 Å². The highest BCUT2D eigenvalue weighted by atomic mass is 16.4. The van der Waals surface area contributed by atoms with E-state index in [0.29, 0.717) is 12.8 Å². The first-order valence-corrected chi connectivity index (χ1v) is 6.66. The summed E-state index contributed by atoms with van der Waals surface area (Å²) in [6.45, 7) is 2.06. The van der Waals surface area contributed by atoms with Crippen molar-refractivity contribution in [3.8, 4) is 0 Å². The number of carboxylic acids is 2. The maximum Gasteiger partial charge on any atom is 0.303 e. The molecule has 21 heavy (non-hydrogen) atoms. The van der Waals surface area contributed by atoms with Gasteiger partial charge >= 0.3 is 11.9 Å². The molecular formula is C13H28O8. The molecule has 0 saturated heterocycles. The molecule has 0 unspecified atom stereocenters. The number of aliphatic hydroxyl groups is 4. The quantitative estimate of drug-likeness (QED) is 0.356. The summed E-state index contributed by atoms with van der Waals surface area (Å²) in [4.78, 5) is 19.2. The zero-order valence-corrected chi connectivity index (χ0v) is 12.7. The first-order valence-electron chi connectivity index (χ1n) is 6.66. The minimum absolute atomic E-state index is 0.292. The van der Waals surface area contributed by atoms with Crippen LogP contribution in [0.2, 0.25) is 0 Å². The van der Waals surface area contributed by atoms with Crippen LogP contribution in [-0.2, 0) is 9.59 Å². The van der Waals surface area contributed by atoms with E-state index in [9.17, 15) is 9.59 Å². The molecule has 6 N–H and O–H groups in total. The Bertz CT molecular complexity index is 217. The highest BCUT2D eigenvalue weighted by Gasteiger charge is 2.26. The first-order chi connectivity index (χ1) is 9.78. The molecule has 0 fully saturated rings. The van der Waals surface area contributed by atoms with E-state index in [1.54, 1.807) is 0 Å². The predicted octanol–water partition coefficient (Wildman–Crippen LogP) is -0.316. The summed E-state index contributed by atoms with van der Waals surface area (Å²) < 4.78 is 0. The summed E-state index contributed by atoms with van der Waals surface area (Å²) in [7, 11) is 0. The Balaban J connectivity index is -0.000000240. The fraction of sp³-hybridized carbons (Fsp3) is 0.846. The van der Waals surface area contributed by atoms with E-state index < -0.39 is 43.8 Å². The molecule has 0 spiro atoms. The molecule has 0 aliphatic rings. The van der Waals surface area contributed by atoms with Crippen LogP contribution in [-0.4, -0.2) is 69.0 Å². The number of aliphatic hydroxyl groups excluding tert-OH is 4. The lowest BCUT2D eigenvalue weighted by Crippen LogP contribution is -2.37. The normalized spacial score (nSPS) is 9.81. The SMILES string of the molecule is CCCC(=O)O.CCCC(=O)O.OCC(CO)(CO)CO. The van der Waals surface area contributed by atoms with E-state index in [2.05, 4.69) is 0 Å². The third-order valence-electron chi connectivity index (χ3n) is 2.27. The first kappa shape index (κ1) is 24.8. The van der Waals surface area contributed by atoms with Crippen molar-refractivity contribution in [3.63, 3.8) is 0 Å². The molecule has 8 heteroatoms. The summed E-state index contributed by atoms with van der Waals surface area (Å²) in [5.74, 6) is -1.42. The Labute approximate surface area is 124 Å².